The lowest BCUT2D eigenvalue weighted by Crippen LogP contribution is -1.95. The quantitative estimate of drug-likeness (QED) is 0.790. The molecule has 0 unspecified atom stereocenters. The van der Waals surface area contributed by atoms with Gasteiger partial charge in [-0.2, -0.15) is 9.47 Å². The lowest BCUT2D eigenvalue weighted by atomic mass is 10.4. The van der Waals surface area contributed by atoms with Crippen LogP contribution in [0.1, 0.15) is 16.2 Å². The minimum atomic E-state index is -1.00. The van der Waals surface area contributed by atoms with E-state index in [9.17, 15) is 4.79 Å². The summed E-state index contributed by atoms with van der Waals surface area (Å²) in [5.74, 6) is -0.352. The van der Waals surface area contributed by atoms with Gasteiger partial charge >= 0.3 is 5.97 Å². The van der Waals surface area contributed by atoms with Crippen molar-refractivity contribution < 1.29 is 9.90 Å². The lowest BCUT2D eigenvalue weighted by Gasteiger charge is -1.89. The third kappa shape index (κ3) is 1.49. The molecule has 1 N–H and O–H groups in total. The summed E-state index contributed by atoms with van der Waals surface area (Å²) in [4.78, 5) is 14.6. The molecule has 0 atom stereocenters. The molecule has 0 aliphatic heterocycles. The zero-order valence-electron chi connectivity index (χ0n) is 7.21. The molecule has 0 aliphatic carbocycles. The van der Waals surface area contributed by atoms with Gasteiger partial charge in [-0.3, -0.25) is 0 Å². The summed E-state index contributed by atoms with van der Waals surface area (Å²) >= 11 is 1.17. The van der Waals surface area contributed by atoms with Crippen molar-refractivity contribution in [1.29, 1.82) is 0 Å². The molecule has 0 aliphatic rings. The Morgan fingerprint density at radius 2 is 2.43 bits per heavy atom. The number of rotatable bonds is 2. The molecule has 0 radical (unpaired) electrons. The third-order valence-electron chi connectivity index (χ3n) is 1.54. The fraction of sp³-hybridized carbons (Fsp3) is 0.143. The Morgan fingerprint density at radius 3 is 2.93 bits per heavy atom. The second kappa shape index (κ2) is 3.18. The van der Waals surface area contributed by atoms with E-state index < -0.39 is 5.97 Å². The number of aryl methyl sites for hydroxylation is 1. The number of carbonyl (C=O) groups is 1. The van der Waals surface area contributed by atoms with Gasteiger partial charge < -0.3 is 5.11 Å². The topological polar surface area (TPSA) is 80.9 Å². The normalized spacial score (nSPS) is 10.4. The second-order valence-corrected chi connectivity index (χ2v) is 3.33. The van der Waals surface area contributed by atoms with E-state index in [0.29, 0.717) is 11.0 Å². The van der Waals surface area contributed by atoms with Gasteiger partial charge in [-0.25, -0.2) is 14.5 Å². The van der Waals surface area contributed by atoms with Gasteiger partial charge in [0.1, 0.15) is 5.82 Å². The number of carboxylic acids is 1. The highest BCUT2D eigenvalue weighted by Gasteiger charge is 2.09. The zero-order chi connectivity index (χ0) is 10.1. The average molecular weight is 210 g/mol. The first-order valence-electron chi connectivity index (χ1n) is 3.75. The smallest absolute Gasteiger partial charge is 0.338 e. The highest BCUT2D eigenvalue weighted by molar-refractivity contribution is 7.08. The van der Waals surface area contributed by atoms with Crippen LogP contribution in [0.3, 0.4) is 0 Å². The molecular weight excluding hydrogens is 204 g/mol. The maximum absolute atomic E-state index is 10.6. The summed E-state index contributed by atoms with van der Waals surface area (Å²) in [5, 5.41) is 13.1. The van der Waals surface area contributed by atoms with Gasteiger partial charge in [0.05, 0.1) is 11.8 Å². The molecule has 2 rings (SSSR count). The van der Waals surface area contributed by atoms with E-state index in [-0.39, 0.29) is 5.56 Å². The maximum Gasteiger partial charge on any atom is 0.338 e. The van der Waals surface area contributed by atoms with Crippen LogP contribution in [-0.4, -0.2) is 30.2 Å². The van der Waals surface area contributed by atoms with E-state index in [4.69, 9.17) is 5.11 Å². The summed E-state index contributed by atoms with van der Waals surface area (Å²) in [7, 11) is 0. The first-order valence-corrected chi connectivity index (χ1v) is 4.53. The Bertz CT molecular complexity index is 475. The predicted molar refractivity (Wildman–Crippen MR) is 48.7 cm³/mol. The molecule has 0 amide bonds. The molecule has 2 heterocycles. The van der Waals surface area contributed by atoms with Crippen molar-refractivity contribution in [3.05, 3.63) is 23.8 Å². The largest absolute Gasteiger partial charge is 0.478 e. The van der Waals surface area contributed by atoms with Crippen LogP contribution in [-0.2, 0) is 0 Å². The molecule has 0 saturated carbocycles. The highest BCUT2D eigenvalue weighted by Crippen LogP contribution is 2.10. The van der Waals surface area contributed by atoms with Crippen molar-refractivity contribution in [1.82, 2.24) is 19.1 Å². The Labute approximate surface area is 83.0 Å². The van der Waals surface area contributed by atoms with Crippen LogP contribution in [0.15, 0.2) is 12.4 Å². The Balaban J connectivity index is 2.38. The number of aromatic carboxylic acids is 1. The van der Waals surface area contributed by atoms with Gasteiger partial charge in [0.25, 0.3) is 0 Å². The van der Waals surface area contributed by atoms with Gasteiger partial charge in [0.2, 0.25) is 5.13 Å². The van der Waals surface area contributed by atoms with Crippen molar-refractivity contribution >= 4 is 17.5 Å². The molecule has 7 heteroatoms. The van der Waals surface area contributed by atoms with Gasteiger partial charge in [0.15, 0.2) is 0 Å². The van der Waals surface area contributed by atoms with Crippen LogP contribution in [0.2, 0.25) is 0 Å². The predicted octanol–water partition coefficient (Wildman–Crippen LogP) is 0.730. The minimum Gasteiger partial charge on any atom is -0.478 e. The Kier molecular flexibility index (Phi) is 2.01. The van der Waals surface area contributed by atoms with Crippen molar-refractivity contribution in [2.24, 2.45) is 0 Å². The van der Waals surface area contributed by atoms with Gasteiger partial charge in [0, 0.05) is 17.7 Å². The summed E-state index contributed by atoms with van der Waals surface area (Å²) in [6.07, 6.45) is 2.68. The zero-order valence-corrected chi connectivity index (χ0v) is 8.02. The van der Waals surface area contributed by atoms with Crippen molar-refractivity contribution in [3.63, 3.8) is 0 Å². The van der Waals surface area contributed by atoms with E-state index >= 15 is 0 Å². The standard InChI is InChI=1S/C7H6N4O2S/c1-4-9-7(14-10-4)11-3-5(2-8-11)6(12)13/h2-3H,1H3,(H,12,13). The molecular formula is C7H6N4O2S. The molecule has 72 valence electrons. The number of aromatic nitrogens is 4. The van der Waals surface area contributed by atoms with Crippen LogP contribution >= 0.6 is 11.5 Å². The van der Waals surface area contributed by atoms with E-state index in [2.05, 4.69) is 14.5 Å². The van der Waals surface area contributed by atoms with Crippen LogP contribution < -0.4 is 0 Å². The highest BCUT2D eigenvalue weighted by atomic mass is 32.1. The molecule has 0 saturated heterocycles. The monoisotopic (exact) mass is 210 g/mol. The Hall–Kier alpha value is -1.76. The van der Waals surface area contributed by atoms with E-state index in [1.807, 2.05) is 0 Å². The first-order chi connectivity index (χ1) is 6.66. The summed E-state index contributed by atoms with van der Waals surface area (Å²) in [5.41, 5.74) is 0.137. The number of hydrogen-bond donors (Lipinski definition) is 1. The van der Waals surface area contributed by atoms with Gasteiger partial charge in [-0.05, 0) is 6.92 Å². The van der Waals surface area contributed by atoms with E-state index in [1.165, 1.54) is 28.6 Å². The summed E-state index contributed by atoms with van der Waals surface area (Å²) < 4.78 is 5.37. The second-order valence-electron chi connectivity index (χ2n) is 2.60. The number of hydrogen-bond acceptors (Lipinski definition) is 5. The Morgan fingerprint density at radius 1 is 1.64 bits per heavy atom. The van der Waals surface area contributed by atoms with E-state index in [1.54, 1.807) is 6.92 Å². The fourth-order valence-electron chi connectivity index (χ4n) is 0.917. The fourth-order valence-corrected chi connectivity index (χ4v) is 1.53. The SMILES string of the molecule is Cc1nsc(-n2cc(C(=O)O)cn2)n1. The molecule has 0 fully saturated rings. The van der Waals surface area contributed by atoms with Gasteiger partial charge in [-0.1, -0.05) is 0 Å². The molecule has 2 aromatic heterocycles. The minimum absolute atomic E-state index is 0.137. The van der Waals surface area contributed by atoms with E-state index in [0.717, 1.165) is 0 Å². The third-order valence-corrected chi connectivity index (χ3v) is 2.34. The van der Waals surface area contributed by atoms with Crippen molar-refractivity contribution in [2.45, 2.75) is 6.92 Å². The summed E-state index contributed by atoms with van der Waals surface area (Å²) in [6, 6.07) is 0. The first kappa shape index (κ1) is 8.82. The van der Waals surface area contributed by atoms with Crippen molar-refractivity contribution in [3.8, 4) is 5.13 Å². The molecule has 0 aromatic carbocycles. The number of carboxylic acid groups (broad SMARTS) is 1. The molecule has 6 nitrogen and oxygen atoms in total. The molecule has 2 aromatic rings. The average Bonchev–Trinajstić information content (AvgIpc) is 2.70. The maximum atomic E-state index is 10.6. The molecule has 14 heavy (non-hydrogen) atoms. The summed E-state index contributed by atoms with van der Waals surface area (Å²) in [6.45, 7) is 1.77. The lowest BCUT2D eigenvalue weighted by molar-refractivity contribution is 0.0697. The van der Waals surface area contributed by atoms with Crippen molar-refractivity contribution in [2.75, 3.05) is 0 Å². The van der Waals surface area contributed by atoms with Crippen LogP contribution in [0.4, 0.5) is 0 Å². The van der Waals surface area contributed by atoms with Crippen LogP contribution in [0.25, 0.3) is 5.13 Å². The number of nitrogens with zero attached hydrogens (tertiary/aromatic N) is 4. The van der Waals surface area contributed by atoms with Crippen LogP contribution in [0, 0.1) is 6.92 Å². The van der Waals surface area contributed by atoms with Crippen LogP contribution in [0.5, 0.6) is 0 Å². The van der Waals surface area contributed by atoms with Gasteiger partial charge in [-0.15, -0.1) is 0 Å². The molecule has 0 bridgehead atoms. The molecule has 0 spiro atoms.